The molecule has 21 heavy (non-hydrogen) atoms. The number of thioether (sulfide) groups is 1. The summed E-state index contributed by atoms with van der Waals surface area (Å²) in [5, 5.41) is 9.89. The van der Waals surface area contributed by atoms with Crippen LogP contribution in [-0.4, -0.2) is 41.1 Å². The molecule has 0 fully saturated rings. The summed E-state index contributed by atoms with van der Waals surface area (Å²) in [4.78, 5) is 25.2. The van der Waals surface area contributed by atoms with Crippen LogP contribution in [0.3, 0.4) is 0 Å². The van der Waals surface area contributed by atoms with E-state index in [0.717, 1.165) is 11.3 Å². The van der Waals surface area contributed by atoms with E-state index >= 15 is 0 Å². The number of carboxylic acids is 1. The Balaban J connectivity index is 2.30. The zero-order valence-corrected chi connectivity index (χ0v) is 13.2. The molecule has 0 radical (unpaired) electrons. The molecule has 1 heterocycles. The van der Waals surface area contributed by atoms with E-state index in [2.05, 4.69) is 0 Å². The minimum absolute atomic E-state index is 0.256. The molecule has 3 N–H and O–H groups in total. The summed E-state index contributed by atoms with van der Waals surface area (Å²) in [6.07, 6.45) is 2.71. The van der Waals surface area contributed by atoms with Crippen molar-refractivity contribution in [2.24, 2.45) is 5.73 Å². The maximum Gasteiger partial charge on any atom is 0.327 e. The highest BCUT2D eigenvalue weighted by Crippen LogP contribution is 2.34. The fraction of sp³-hybridized carbons (Fsp3) is 0.429. The summed E-state index contributed by atoms with van der Waals surface area (Å²) in [6, 6.07) is 3.43. The van der Waals surface area contributed by atoms with E-state index in [9.17, 15) is 14.7 Å². The van der Waals surface area contributed by atoms with Gasteiger partial charge in [0, 0.05) is 17.1 Å². The summed E-state index contributed by atoms with van der Waals surface area (Å²) in [5.41, 5.74) is 7.27. The average molecular weight is 329 g/mol. The molecule has 1 aliphatic heterocycles. The molecule has 0 aliphatic carbocycles. The predicted octanol–water partition coefficient (Wildman–Crippen LogP) is 1.76. The number of nitrogens with two attached hydrogens (primary N) is 1. The molecule has 7 heteroatoms. The fourth-order valence-electron chi connectivity index (χ4n) is 2.44. The summed E-state index contributed by atoms with van der Waals surface area (Å²) < 4.78 is 0. The molecule has 1 unspecified atom stereocenters. The van der Waals surface area contributed by atoms with Crippen LogP contribution in [0.1, 0.15) is 12.0 Å². The Bertz CT molecular complexity index is 567. The van der Waals surface area contributed by atoms with Crippen molar-refractivity contribution < 1.29 is 14.7 Å². The Morgan fingerprint density at radius 2 is 2.29 bits per heavy atom. The van der Waals surface area contributed by atoms with Gasteiger partial charge in [-0.15, -0.1) is 0 Å². The second kappa shape index (κ2) is 6.68. The number of carbonyl (C=O) groups excluding carboxylic acids is 1. The first-order chi connectivity index (χ1) is 9.95. The van der Waals surface area contributed by atoms with E-state index in [-0.39, 0.29) is 12.3 Å². The molecule has 1 amide bonds. The lowest BCUT2D eigenvalue weighted by atomic mass is 10.1. The number of carbonyl (C=O) groups is 2. The van der Waals surface area contributed by atoms with Gasteiger partial charge in [-0.3, -0.25) is 9.69 Å². The Labute approximate surface area is 132 Å². The molecule has 0 bridgehead atoms. The van der Waals surface area contributed by atoms with Crippen molar-refractivity contribution in [3.05, 3.63) is 28.8 Å². The largest absolute Gasteiger partial charge is 0.480 e. The number of aliphatic carboxylic acids is 1. The topological polar surface area (TPSA) is 83.6 Å². The third kappa shape index (κ3) is 3.33. The van der Waals surface area contributed by atoms with Gasteiger partial charge in [0.1, 0.15) is 6.04 Å². The lowest BCUT2D eigenvalue weighted by molar-refractivity contribution is -0.140. The molecular weight excluding hydrogens is 312 g/mol. The zero-order valence-electron chi connectivity index (χ0n) is 11.6. The zero-order chi connectivity index (χ0) is 15.6. The number of carboxylic acid groups (broad SMARTS) is 1. The molecule has 2 rings (SSSR count). The number of hydrogen-bond donors (Lipinski definition) is 2. The van der Waals surface area contributed by atoms with Gasteiger partial charge in [0.25, 0.3) is 0 Å². The first kappa shape index (κ1) is 16.1. The van der Waals surface area contributed by atoms with Crippen molar-refractivity contribution in [2.45, 2.75) is 24.9 Å². The van der Waals surface area contributed by atoms with Crippen LogP contribution in [0.5, 0.6) is 0 Å². The molecule has 2 atom stereocenters. The summed E-state index contributed by atoms with van der Waals surface area (Å²) >= 11 is 7.53. The van der Waals surface area contributed by atoms with Crippen LogP contribution in [0.25, 0.3) is 0 Å². The van der Waals surface area contributed by atoms with Crippen LogP contribution >= 0.6 is 23.4 Å². The van der Waals surface area contributed by atoms with Crippen LogP contribution in [0.2, 0.25) is 5.02 Å². The lowest BCUT2D eigenvalue weighted by Gasteiger charge is -2.25. The summed E-state index contributed by atoms with van der Waals surface area (Å²) in [7, 11) is 0. The van der Waals surface area contributed by atoms with Crippen LogP contribution in [0, 0.1) is 0 Å². The maximum atomic E-state index is 12.5. The van der Waals surface area contributed by atoms with E-state index in [1.54, 1.807) is 30.0 Å². The Hall–Kier alpha value is -1.24. The smallest absolute Gasteiger partial charge is 0.327 e. The first-order valence-electron chi connectivity index (χ1n) is 6.54. The molecule has 5 nitrogen and oxygen atoms in total. The summed E-state index contributed by atoms with van der Waals surface area (Å²) in [6.45, 7) is 0. The van der Waals surface area contributed by atoms with E-state index in [1.807, 2.05) is 6.26 Å². The van der Waals surface area contributed by atoms with Crippen molar-refractivity contribution in [1.29, 1.82) is 0 Å². The molecule has 1 aliphatic rings. The standard InChI is InChI=1S/C14H17ClN2O3S/c1-21-5-4-10(16)13(18)17-11-3-2-9(15)6-8(11)7-12(17)14(19)20/h2-3,6,10,12H,4-5,7,16H2,1H3,(H,19,20)/t10-,12?/m0/s1. The molecule has 0 aromatic heterocycles. The third-order valence-electron chi connectivity index (χ3n) is 3.50. The number of rotatable bonds is 5. The van der Waals surface area contributed by atoms with Crippen LogP contribution < -0.4 is 10.6 Å². The van der Waals surface area contributed by atoms with Gasteiger partial charge in [-0.1, -0.05) is 11.6 Å². The second-order valence-corrected chi connectivity index (χ2v) is 6.35. The molecule has 1 aromatic carbocycles. The Morgan fingerprint density at radius 3 is 2.90 bits per heavy atom. The van der Waals surface area contributed by atoms with Crippen molar-refractivity contribution >= 4 is 40.9 Å². The molecule has 1 aromatic rings. The van der Waals surface area contributed by atoms with Crippen molar-refractivity contribution in [3.8, 4) is 0 Å². The van der Waals surface area contributed by atoms with Crippen molar-refractivity contribution in [3.63, 3.8) is 0 Å². The first-order valence-corrected chi connectivity index (χ1v) is 8.31. The predicted molar refractivity (Wildman–Crippen MR) is 85.0 cm³/mol. The fourth-order valence-corrected chi connectivity index (χ4v) is 3.12. The van der Waals surface area contributed by atoms with Gasteiger partial charge in [0.2, 0.25) is 5.91 Å². The molecule has 0 spiro atoms. The number of hydrogen-bond acceptors (Lipinski definition) is 4. The number of benzene rings is 1. The average Bonchev–Trinajstić information content (AvgIpc) is 2.82. The second-order valence-electron chi connectivity index (χ2n) is 4.93. The highest BCUT2D eigenvalue weighted by atomic mass is 35.5. The number of fused-ring (bicyclic) bond motifs is 1. The van der Waals surface area contributed by atoms with Crippen LogP contribution in [0.15, 0.2) is 18.2 Å². The van der Waals surface area contributed by atoms with Gasteiger partial charge in [0.05, 0.1) is 6.04 Å². The number of nitrogens with zero attached hydrogens (tertiary/aromatic N) is 1. The van der Waals surface area contributed by atoms with Gasteiger partial charge in [-0.05, 0) is 42.2 Å². The SMILES string of the molecule is CSCC[C@H](N)C(=O)N1c2ccc(Cl)cc2CC1C(=O)O. The number of amides is 1. The van der Waals surface area contributed by atoms with E-state index in [1.165, 1.54) is 4.90 Å². The molecule has 114 valence electrons. The Kier molecular flexibility index (Phi) is 5.13. The highest BCUT2D eigenvalue weighted by Gasteiger charge is 2.39. The van der Waals surface area contributed by atoms with Gasteiger partial charge in [-0.2, -0.15) is 11.8 Å². The van der Waals surface area contributed by atoms with Gasteiger partial charge >= 0.3 is 5.97 Å². The minimum atomic E-state index is -1.03. The molecular formula is C14H17ClN2O3S. The van der Waals surface area contributed by atoms with Crippen LogP contribution in [0.4, 0.5) is 5.69 Å². The van der Waals surface area contributed by atoms with E-state index < -0.39 is 18.1 Å². The Morgan fingerprint density at radius 1 is 1.57 bits per heavy atom. The van der Waals surface area contributed by atoms with Gasteiger partial charge in [0.15, 0.2) is 0 Å². The van der Waals surface area contributed by atoms with E-state index in [0.29, 0.717) is 17.1 Å². The normalized spacial score (nSPS) is 18.4. The lowest BCUT2D eigenvalue weighted by Crippen LogP contribution is -2.50. The van der Waals surface area contributed by atoms with Gasteiger partial charge < -0.3 is 10.8 Å². The number of anilines is 1. The monoisotopic (exact) mass is 328 g/mol. The quantitative estimate of drug-likeness (QED) is 0.860. The summed E-state index contributed by atoms with van der Waals surface area (Å²) in [5.74, 6) is -0.628. The third-order valence-corrected chi connectivity index (χ3v) is 4.38. The van der Waals surface area contributed by atoms with Crippen molar-refractivity contribution in [1.82, 2.24) is 0 Å². The minimum Gasteiger partial charge on any atom is -0.480 e. The van der Waals surface area contributed by atoms with Crippen molar-refractivity contribution in [2.75, 3.05) is 16.9 Å². The number of halogens is 1. The molecule has 0 saturated heterocycles. The van der Waals surface area contributed by atoms with Gasteiger partial charge in [-0.25, -0.2) is 4.79 Å². The maximum absolute atomic E-state index is 12.5. The van der Waals surface area contributed by atoms with Crippen LogP contribution in [-0.2, 0) is 16.0 Å². The molecule has 0 saturated carbocycles. The van der Waals surface area contributed by atoms with E-state index in [4.69, 9.17) is 17.3 Å². The highest BCUT2D eigenvalue weighted by molar-refractivity contribution is 7.98.